The molecule has 2 fully saturated rings. The van der Waals surface area contributed by atoms with Gasteiger partial charge in [-0.15, -0.1) is 11.3 Å². The van der Waals surface area contributed by atoms with Crippen molar-refractivity contribution in [2.75, 3.05) is 0 Å². The zero-order valence-corrected chi connectivity index (χ0v) is 13.7. The Morgan fingerprint density at radius 1 is 1.43 bits per heavy atom. The molecular formula is C15H19N5O2S. The van der Waals surface area contributed by atoms with Gasteiger partial charge in [0.05, 0.1) is 12.6 Å². The summed E-state index contributed by atoms with van der Waals surface area (Å²) >= 11 is 1.64. The lowest BCUT2D eigenvalue weighted by molar-refractivity contribution is 0.233. The first-order chi connectivity index (χ1) is 11.2. The van der Waals surface area contributed by atoms with Crippen LogP contribution in [0.2, 0.25) is 0 Å². The third kappa shape index (κ3) is 3.52. The van der Waals surface area contributed by atoms with Gasteiger partial charge in [0.1, 0.15) is 5.01 Å². The lowest BCUT2D eigenvalue weighted by Crippen LogP contribution is -2.38. The van der Waals surface area contributed by atoms with Crippen LogP contribution in [0.4, 0.5) is 4.79 Å². The van der Waals surface area contributed by atoms with Crippen molar-refractivity contribution in [1.82, 2.24) is 25.8 Å². The highest BCUT2D eigenvalue weighted by Crippen LogP contribution is 2.42. The zero-order valence-electron chi connectivity index (χ0n) is 12.9. The van der Waals surface area contributed by atoms with Gasteiger partial charge in [-0.25, -0.2) is 9.78 Å². The molecule has 2 aromatic heterocycles. The molecule has 2 aliphatic carbocycles. The number of urea groups is 1. The van der Waals surface area contributed by atoms with Crippen LogP contribution in [0.25, 0.3) is 0 Å². The molecule has 122 valence electrons. The molecule has 7 nitrogen and oxygen atoms in total. The number of hydrogen-bond donors (Lipinski definition) is 2. The zero-order chi connectivity index (χ0) is 15.8. The van der Waals surface area contributed by atoms with Crippen LogP contribution in [0, 0.1) is 12.8 Å². The van der Waals surface area contributed by atoms with Gasteiger partial charge in [-0.05, 0) is 38.5 Å². The number of aryl methyl sites for hydroxylation is 1. The minimum Gasteiger partial charge on any atom is -0.337 e. The highest BCUT2D eigenvalue weighted by molar-refractivity contribution is 7.11. The fraction of sp³-hybridized carbons (Fsp3) is 0.600. The molecule has 0 aliphatic heterocycles. The molecule has 0 radical (unpaired) electrons. The molecule has 23 heavy (non-hydrogen) atoms. The van der Waals surface area contributed by atoms with E-state index >= 15 is 0 Å². The van der Waals surface area contributed by atoms with Crippen molar-refractivity contribution in [3.05, 3.63) is 27.8 Å². The molecule has 1 atom stereocenters. The summed E-state index contributed by atoms with van der Waals surface area (Å²) < 4.78 is 5.16. The topological polar surface area (TPSA) is 92.9 Å². The Morgan fingerprint density at radius 2 is 2.26 bits per heavy atom. The molecular weight excluding hydrogens is 314 g/mol. The van der Waals surface area contributed by atoms with Crippen LogP contribution >= 0.6 is 11.3 Å². The average molecular weight is 333 g/mol. The smallest absolute Gasteiger partial charge is 0.315 e. The fourth-order valence-electron chi connectivity index (χ4n) is 2.52. The first kappa shape index (κ1) is 14.6. The number of hydrogen-bond acceptors (Lipinski definition) is 6. The Kier molecular flexibility index (Phi) is 3.76. The highest BCUT2D eigenvalue weighted by Gasteiger charge is 2.35. The molecule has 0 saturated heterocycles. The second-order valence-corrected chi connectivity index (χ2v) is 7.54. The lowest BCUT2D eigenvalue weighted by atomic mass is 10.2. The molecule has 0 spiro atoms. The van der Waals surface area contributed by atoms with Crippen molar-refractivity contribution >= 4 is 17.4 Å². The lowest BCUT2D eigenvalue weighted by Gasteiger charge is -2.15. The normalized spacial score (nSPS) is 18.7. The van der Waals surface area contributed by atoms with Crippen molar-refractivity contribution in [2.24, 2.45) is 5.92 Å². The van der Waals surface area contributed by atoms with Gasteiger partial charge in [-0.3, -0.25) is 0 Å². The average Bonchev–Trinajstić information content (AvgIpc) is 3.46. The second-order valence-electron chi connectivity index (χ2n) is 6.27. The van der Waals surface area contributed by atoms with Crippen LogP contribution in [0.5, 0.6) is 0 Å². The van der Waals surface area contributed by atoms with E-state index in [-0.39, 0.29) is 18.6 Å². The van der Waals surface area contributed by atoms with Gasteiger partial charge in [-0.2, -0.15) is 4.98 Å². The van der Waals surface area contributed by atoms with Crippen LogP contribution in [-0.2, 0) is 6.54 Å². The van der Waals surface area contributed by atoms with Gasteiger partial charge in [0.2, 0.25) is 5.89 Å². The van der Waals surface area contributed by atoms with Gasteiger partial charge in [0.15, 0.2) is 5.82 Å². The second kappa shape index (κ2) is 5.92. The van der Waals surface area contributed by atoms with Crippen molar-refractivity contribution in [3.63, 3.8) is 0 Å². The van der Waals surface area contributed by atoms with E-state index in [1.807, 2.05) is 13.1 Å². The molecule has 2 aromatic rings. The minimum absolute atomic E-state index is 0.00147. The number of aromatic nitrogens is 3. The van der Waals surface area contributed by atoms with Gasteiger partial charge in [-0.1, -0.05) is 5.16 Å². The maximum Gasteiger partial charge on any atom is 0.315 e. The monoisotopic (exact) mass is 333 g/mol. The molecule has 4 rings (SSSR count). The maximum absolute atomic E-state index is 12.2. The molecule has 8 heteroatoms. The van der Waals surface area contributed by atoms with Crippen LogP contribution in [0.1, 0.15) is 59.2 Å². The largest absolute Gasteiger partial charge is 0.337 e. The van der Waals surface area contributed by atoms with E-state index in [4.69, 9.17) is 4.52 Å². The quantitative estimate of drug-likeness (QED) is 0.848. The number of amides is 2. The molecule has 0 aromatic carbocycles. The maximum atomic E-state index is 12.2. The molecule has 0 unspecified atom stereocenters. The first-order valence-corrected chi connectivity index (χ1v) is 8.80. The predicted octanol–water partition coefficient (Wildman–Crippen LogP) is 2.66. The van der Waals surface area contributed by atoms with E-state index in [1.54, 1.807) is 11.3 Å². The third-order valence-corrected chi connectivity index (χ3v) is 5.11. The number of carbonyl (C=O) groups is 1. The summed E-state index contributed by atoms with van der Waals surface area (Å²) in [7, 11) is 0. The van der Waals surface area contributed by atoms with Gasteiger partial charge in [0, 0.05) is 17.0 Å². The van der Waals surface area contributed by atoms with Crippen LogP contribution in [0.3, 0.4) is 0 Å². The van der Waals surface area contributed by atoms with E-state index in [0.717, 1.165) is 41.4 Å². The number of carbonyl (C=O) groups excluding carboxylic acids is 1. The van der Waals surface area contributed by atoms with Crippen LogP contribution in [-0.4, -0.2) is 21.2 Å². The Hall–Kier alpha value is -1.96. The molecule has 2 amide bonds. The van der Waals surface area contributed by atoms with Crippen LogP contribution < -0.4 is 10.6 Å². The predicted molar refractivity (Wildman–Crippen MR) is 84.0 cm³/mol. The number of thiazole rings is 1. The Bertz CT molecular complexity index is 704. The molecule has 2 N–H and O–H groups in total. The van der Waals surface area contributed by atoms with Crippen molar-refractivity contribution in [2.45, 2.75) is 51.1 Å². The SMILES string of the molecule is Cc1cnc([C@H](NC(=O)NCc2nc(C3CC3)no2)C2CC2)s1. The van der Waals surface area contributed by atoms with E-state index < -0.39 is 0 Å². The molecule has 2 heterocycles. The summed E-state index contributed by atoms with van der Waals surface area (Å²) in [6.07, 6.45) is 6.38. The Balaban J connectivity index is 1.32. The summed E-state index contributed by atoms with van der Waals surface area (Å²) in [5.41, 5.74) is 0. The molecule has 0 bridgehead atoms. The van der Waals surface area contributed by atoms with E-state index in [9.17, 15) is 4.79 Å². The van der Waals surface area contributed by atoms with E-state index in [1.165, 1.54) is 0 Å². The van der Waals surface area contributed by atoms with Gasteiger partial charge in [0.25, 0.3) is 0 Å². The Morgan fingerprint density at radius 3 is 2.91 bits per heavy atom. The molecule has 2 saturated carbocycles. The highest BCUT2D eigenvalue weighted by atomic mass is 32.1. The Labute approximate surface area is 137 Å². The summed E-state index contributed by atoms with van der Waals surface area (Å²) in [6, 6.07) is -0.223. The number of nitrogens with zero attached hydrogens (tertiary/aromatic N) is 3. The first-order valence-electron chi connectivity index (χ1n) is 7.98. The van der Waals surface area contributed by atoms with Gasteiger partial charge < -0.3 is 15.2 Å². The van der Waals surface area contributed by atoms with Gasteiger partial charge >= 0.3 is 6.03 Å². The molecule has 2 aliphatic rings. The minimum atomic E-state index is -0.221. The number of rotatable bonds is 6. The summed E-state index contributed by atoms with van der Waals surface area (Å²) in [6.45, 7) is 2.28. The van der Waals surface area contributed by atoms with E-state index in [2.05, 4.69) is 25.8 Å². The fourth-order valence-corrected chi connectivity index (χ4v) is 3.44. The number of nitrogens with one attached hydrogen (secondary N) is 2. The summed E-state index contributed by atoms with van der Waals surface area (Å²) in [5.74, 6) is 2.16. The van der Waals surface area contributed by atoms with Crippen molar-refractivity contribution in [3.8, 4) is 0 Å². The van der Waals surface area contributed by atoms with Crippen molar-refractivity contribution < 1.29 is 9.32 Å². The van der Waals surface area contributed by atoms with Crippen LogP contribution in [0.15, 0.2) is 10.7 Å². The third-order valence-electron chi connectivity index (χ3n) is 4.11. The summed E-state index contributed by atoms with van der Waals surface area (Å²) in [5, 5.41) is 10.7. The van der Waals surface area contributed by atoms with E-state index in [0.29, 0.717) is 17.7 Å². The summed E-state index contributed by atoms with van der Waals surface area (Å²) in [4.78, 5) is 22.0. The van der Waals surface area contributed by atoms with Crippen molar-refractivity contribution in [1.29, 1.82) is 0 Å². The standard InChI is InChI=1S/C15H19N5O2S/c1-8-6-16-14(23-8)12(9-2-3-9)19-15(21)17-7-11-18-13(20-22-11)10-4-5-10/h6,9-10,12H,2-5,7H2,1H3,(H2,17,19,21)/t12-/m1/s1.